The molecule has 27 heavy (non-hydrogen) atoms. The number of carbonyl (C=O) groups is 1. The molecule has 1 heterocycles. The Morgan fingerprint density at radius 1 is 1.07 bits per heavy atom. The molecule has 0 unspecified atom stereocenters. The van der Waals surface area contributed by atoms with Crippen molar-refractivity contribution in [2.24, 2.45) is 0 Å². The molecule has 0 N–H and O–H groups in total. The zero-order valence-corrected chi connectivity index (χ0v) is 17.4. The summed E-state index contributed by atoms with van der Waals surface area (Å²) in [5.74, 6) is 1.14. The van der Waals surface area contributed by atoms with Crippen LogP contribution in [-0.2, 0) is 9.84 Å². The van der Waals surface area contributed by atoms with Gasteiger partial charge in [0.15, 0.2) is 11.5 Å². The summed E-state index contributed by atoms with van der Waals surface area (Å²) < 4.78 is 35.1. The van der Waals surface area contributed by atoms with Gasteiger partial charge in [-0.05, 0) is 50.3 Å². The largest absolute Gasteiger partial charge is 0.490 e. The first-order valence-corrected chi connectivity index (χ1v) is 11.7. The van der Waals surface area contributed by atoms with E-state index in [1.165, 1.54) is 6.26 Å². The van der Waals surface area contributed by atoms with Crippen LogP contribution in [0.2, 0.25) is 0 Å². The minimum atomic E-state index is -3.07. The third-order valence-electron chi connectivity index (χ3n) is 4.68. The van der Waals surface area contributed by atoms with Gasteiger partial charge in [0, 0.05) is 24.9 Å². The smallest absolute Gasteiger partial charge is 0.253 e. The quantitative estimate of drug-likeness (QED) is 0.673. The number of nitrogens with zero attached hydrogens (tertiary/aromatic N) is 1. The molecule has 0 radical (unpaired) electrons. The number of likely N-dealkylation sites (tertiary alicyclic amines) is 1. The van der Waals surface area contributed by atoms with Crippen molar-refractivity contribution in [1.29, 1.82) is 0 Å². The van der Waals surface area contributed by atoms with E-state index in [1.54, 1.807) is 23.1 Å². The Hall–Kier alpha value is -1.76. The number of sulfone groups is 1. The first kappa shape index (κ1) is 21.5. The van der Waals surface area contributed by atoms with E-state index in [4.69, 9.17) is 9.47 Å². The van der Waals surface area contributed by atoms with Crippen LogP contribution in [0.5, 0.6) is 11.5 Å². The highest BCUT2D eigenvalue weighted by molar-refractivity contribution is 7.91. The van der Waals surface area contributed by atoms with Crippen LogP contribution in [0.4, 0.5) is 0 Å². The molecule has 0 spiro atoms. The highest BCUT2D eigenvalue weighted by atomic mass is 32.2. The summed E-state index contributed by atoms with van der Waals surface area (Å²) in [6.45, 7) is 6.24. The van der Waals surface area contributed by atoms with Crippen molar-refractivity contribution < 1.29 is 22.7 Å². The molecular formula is C20H31NO5S. The third-order valence-corrected chi connectivity index (χ3v) is 6.36. The van der Waals surface area contributed by atoms with Crippen molar-refractivity contribution >= 4 is 15.7 Å². The molecule has 1 aliphatic heterocycles. The Balaban J connectivity index is 2.14. The van der Waals surface area contributed by atoms with Crippen molar-refractivity contribution in [1.82, 2.24) is 4.90 Å². The van der Waals surface area contributed by atoms with E-state index in [1.807, 2.05) is 13.8 Å². The zero-order valence-electron chi connectivity index (χ0n) is 16.6. The van der Waals surface area contributed by atoms with Crippen LogP contribution in [0.25, 0.3) is 0 Å². The van der Waals surface area contributed by atoms with Gasteiger partial charge >= 0.3 is 0 Å². The van der Waals surface area contributed by atoms with Gasteiger partial charge in [-0.3, -0.25) is 4.79 Å². The zero-order chi connectivity index (χ0) is 19.9. The molecule has 0 aliphatic carbocycles. The fourth-order valence-electron chi connectivity index (χ4n) is 3.18. The number of ether oxygens (including phenoxy) is 2. The summed E-state index contributed by atoms with van der Waals surface area (Å²) >= 11 is 0. The molecule has 7 heteroatoms. The fraction of sp³-hybridized carbons (Fsp3) is 0.650. The maximum atomic E-state index is 12.9. The second-order valence-corrected chi connectivity index (χ2v) is 9.36. The normalized spacial score (nSPS) is 18.0. The maximum absolute atomic E-state index is 12.9. The standard InChI is InChI=1S/C20H31NO5S/c1-4-13-25-18-9-8-16(15-19(18)26-14-5-2)20(22)21-11-6-7-17(10-12-21)27(3,23)24/h8-9,15,17H,4-7,10-14H2,1-3H3/t17-/m1/s1. The second kappa shape index (κ2) is 9.97. The first-order valence-electron chi connectivity index (χ1n) is 9.74. The summed E-state index contributed by atoms with van der Waals surface area (Å²) in [5.41, 5.74) is 0.544. The molecule has 2 rings (SSSR count). The van der Waals surface area contributed by atoms with Crippen molar-refractivity contribution in [3.05, 3.63) is 23.8 Å². The van der Waals surface area contributed by atoms with Gasteiger partial charge in [0.2, 0.25) is 0 Å². The highest BCUT2D eigenvalue weighted by Gasteiger charge is 2.27. The third kappa shape index (κ3) is 6.13. The Bertz CT molecular complexity index is 732. The SMILES string of the molecule is CCCOc1ccc(C(=O)N2CCC[C@@H](S(C)(=O)=O)CC2)cc1OCCC. The molecule has 6 nitrogen and oxygen atoms in total. The average Bonchev–Trinajstić information content (AvgIpc) is 2.90. The Kier molecular flexibility index (Phi) is 7.95. The lowest BCUT2D eigenvalue weighted by Crippen LogP contribution is -2.32. The van der Waals surface area contributed by atoms with Crippen LogP contribution in [0, 0.1) is 0 Å². The van der Waals surface area contributed by atoms with Gasteiger partial charge in [0.25, 0.3) is 5.91 Å². The molecular weight excluding hydrogens is 366 g/mol. The number of rotatable bonds is 8. The number of hydrogen-bond donors (Lipinski definition) is 0. The van der Waals surface area contributed by atoms with E-state index >= 15 is 0 Å². The highest BCUT2D eigenvalue weighted by Crippen LogP contribution is 2.30. The van der Waals surface area contributed by atoms with Crippen LogP contribution >= 0.6 is 0 Å². The van der Waals surface area contributed by atoms with Crippen LogP contribution < -0.4 is 9.47 Å². The van der Waals surface area contributed by atoms with Gasteiger partial charge in [-0.1, -0.05) is 13.8 Å². The van der Waals surface area contributed by atoms with Gasteiger partial charge < -0.3 is 14.4 Å². The second-order valence-electron chi connectivity index (χ2n) is 7.03. The van der Waals surface area contributed by atoms with Gasteiger partial charge in [0.05, 0.1) is 18.5 Å². The monoisotopic (exact) mass is 397 g/mol. The van der Waals surface area contributed by atoms with Gasteiger partial charge in [-0.15, -0.1) is 0 Å². The van der Waals surface area contributed by atoms with E-state index in [0.29, 0.717) is 62.6 Å². The number of carbonyl (C=O) groups excluding carboxylic acids is 1. The minimum Gasteiger partial charge on any atom is -0.490 e. The minimum absolute atomic E-state index is 0.0902. The Morgan fingerprint density at radius 2 is 1.74 bits per heavy atom. The van der Waals surface area contributed by atoms with E-state index in [2.05, 4.69) is 0 Å². The van der Waals surface area contributed by atoms with Gasteiger partial charge in [-0.25, -0.2) is 8.42 Å². The van der Waals surface area contributed by atoms with Crippen LogP contribution in [0.15, 0.2) is 18.2 Å². The van der Waals surface area contributed by atoms with E-state index in [9.17, 15) is 13.2 Å². The predicted molar refractivity (Wildman–Crippen MR) is 106 cm³/mol. The van der Waals surface area contributed by atoms with Crippen LogP contribution in [-0.4, -0.2) is 57.0 Å². The summed E-state index contributed by atoms with van der Waals surface area (Å²) in [6, 6.07) is 5.28. The average molecular weight is 398 g/mol. The molecule has 1 saturated heterocycles. The van der Waals surface area contributed by atoms with Crippen LogP contribution in [0.3, 0.4) is 0 Å². The Morgan fingerprint density at radius 3 is 2.37 bits per heavy atom. The molecule has 0 bridgehead atoms. The van der Waals surface area contributed by atoms with Crippen molar-refractivity contribution in [3.63, 3.8) is 0 Å². The van der Waals surface area contributed by atoms with Gasteiger partial charge in [0.1, 0.15) is 9.84 Å². The summed E-state index contributed by atoms with van der Waals surface area (Å²) in [7, 11) is -3.07. The molecule has 1 atom stereocenters. The molecule has 1 amide bonds. The molecule has 152 valence electrons. The topological polar surface area (TPSA) is 72.9 Å². The maximum Gasteiger partial charge on any atom is 0.253 e. The number of hydrogen-bond acceptors (Lipinski definition) is 5. The molecule has 1 aromatic rings. The summed E-state index contributed by atoms with van der Waals surface area (Å²) in [6.07, 6.45) is 4.83. The molecule has 0 saturated carbocycles. The number of benzene rings is 1. The van der Waals surface area contributed by atoms with E-state index in [-0.39, 0.29) is 11.2 Å². The fourth-order valence-corrected chi connectivity index (χ4v) is 4.31. The van der Waals surface area contributed by atoms with Crippen molar-refractivity contribution in [2.75, 3.05) is 32.6 Å². The molecule has 1 fully saturated rings. The predicted octanol–water partition coefficient (Wildman–Crippen LogP) is 3.30. The van der Waals surface area contributed by atoms with Crippen molar-refractivity contribution in [3.8, 4) is 11.5 Å². The lowest BCUT2D eigenvalue weighted by atomic mass is 10.1. The van der Waals surface area contributed by atoms with Gasteiger partial charge in [-0.2, -0.15) is 0 Å². The first-order chi connectivity index (χ1) is 12.9. The van der Waals surface area contributed by atoms with E-state index in [0.717, 1.165) is 12.8 Å². The molecule has 1 aliphatic rings. The summed E-state index contributed by atoms with van der Waals surface area (Å²) in [5, 5.41) is -0.358. The summed E-state index contributed by atoms with van der Waals surface area (Å²) in [4.78, 5) is 14.7. The molecule has 1 aromatic carbocycles. The number of amides is 1. The molecule has 0 aromatic heterocycles. The van der Waals surface area contributed by atoms with Crippen molar-refractivity contribution in [2.45, 2.75) is 51.2 Å². The lowest BCUT2D eigenvalue weighted by Gasteiger charge is -2.21. The van der Waals surface area contributed by atoms with Crippen LogP contribution in [0.1, 0.15) is 56.3 Å². The van der Waals surface area contributed by atoms with E-state index < -0.39 is 9.84 Å². The lowest BCUT2D eigenvalue weighted by molar-refractivity contribution is 0.0761. The Labute approximate surface area is 162 Å².